The van der Waals surface area contributed by atoms with Gasteiger partial charge in [0.2, 0.25) is 0 Å². The molecule has 0 unspecified atom stereocenters. The number of nitrogens with zero attached hydrogens (tertiary/aromatic N) is 2. The Hall–Kier alpha value is -0.790. The molecule has 1 rings (SSSR count). The molecule has 1 heterocycles. The van der Waals surface area contributed by atoms with Gasteiger partial charge in [0.05, 0.1) is 13.1 Å². The van der Waals surface area contributed by atoms with Gasteiger partial charge in [0, 0.05) is 6.42 Å². The summed E-state index contributed by atoms with van der Waals surface area (Å²) in [4.78, 5) is 0. The van der Waals surface area contributed by atoms with E-state index in [4.69, 9.17) is 0 Å². The second-order valence-corrected chi connectivity index (χ2v) is 9.86. The Morgan fingerprint density at radius 3 is 1.55 bits per heavy atom. The molecule has 0 amide bonds. The molecule has 0 aliphatic rings. The quantitative estimate of drug-likeness (QED) is 0.120. The molecule has 1 aromatic rings. The van der Waals surface area contributed by atoms with Crippen molar-refractivity contribution in [3.63, 3.8) is 0 Å². The van der Waals surface area contributed by atoms with Crippen LogP contribution in [0.1, 0.15) is 155 Å². The van der Waals surface area contributed by atoms with Crippen LogP contribution in [0.3, 0.4) is 0 Å². The minimum Gasteiger partial charge on any atom is -0.234 e. The lowest BCUT2D eigenvalue weighted by molar-refractivity contribution is -0.704. The fourth-order valence-corrected chi connectivity index (χ4v) is 4.73. The molecule has 2 heteroatoms. The van der Waals surface area contributed by atoms with Crippen LogP contribution < -0.4 is 4.57 Å². The minimum absolute atomic E-state index is 1.22. The molecule has 0 aliphatic carbocycles. The van der Waals surface area contributed by atoms with Crippen LogP contribution in [0.15, 0.2) is 12.4 Å². The molecule has 31 heavy (non-hydrogen) atoms. The van der Waals surface area contributed by atoms with Gasteiger partial charge in [0.25, 0.3) is 5.82 Å². The molecule has 0 saturated heterocycles. The molecule has 0 radical (unpaired) electrons. The van der Waals surface area contributed by atoms with E-state index in [1.807, 2.05) is 0 Å². The number of hydrogen-bond acceptors (Lipinski definition) is 0. The first-order valence-corrected chi connectivity index (χ1v) is 14.4. The third-order valence-electron chi connectivity index (χ3n) is 6.85. The van der Waals surface area contributed by atoms with Gasteiger partial charge in [0.1, 0.15) is 12.4 Å². The standard InChI is InChI=1S/C29H57N2/c1-4-7-10-13-16-17-20-23-26-31-28-27-30(25-22-19-15-12-9-6-3)29(31)24-21-18-14-11-8-5-2/h27-28H,4-26H2,1-3H3/q+1. The third-order valence-corrected chi connectivity index (χ3v) is 6.85. The van der Waals surface area contributed by atoms with Gasteiger partial charge in [-0.1, -0.05) is 117 Å². The average molecular weight is 434 g/mol. The fraction of sp³-hybridized carbons (Fsp3) is 0.897. The predicted octanol–water partition coefficient (Wildman–Crippen LogP) is 9.18. The van der Waals surface area contributed by atoms with Crippen LogP contribution in [0.5, 0.6) is 0 Å². The molecular weight excluding hydrogens is 376 g/mol. The zero-order chi connectivity index (χ0) is 22.4. The molecule has 2 nitrogen and oxygen atoms in total. The van der Waals surface area contributed by atoms with Gasteiger partial charge in [-0.05, 0) is 32.1 Å². The molecule has 0 N–H and O–H groups in total. The van der Waals surface area contributed by atoms with Gasteiger partial charge in [-0.15, -0.1) is 0 Å². The summed E-state index contributed by atoms with van der Waals surface area (Å²) in [6.07, 6.45) is 34.0. The first-order chi connectivity index (χ1) is 15.3. The Balaban J connectivity index is 2.40. The van der Waals surface area contributed by atoms with Crippen LogP contribution in [0.2, 0.25) is 0 Å². The van der Waals surface area contributed by atoms with Gasteiger partial charge in [-0.25, -0.2) is 9.13 Å². The maximum Gasteiger partial charge on any atom is 0.256 e. The number of aromatic nitrogens is 2. The molecule has 0 atom stereocenters. The lowest BCUT2D eigenvalue weighted by atomic mass is 10.1. The van der Waals surface area contributed by atoms with E-state index in [1.165, 1.54) is 148 Å². The number of imidazole rings is 1. The largest absolute Gasteiger partial charge is 0.256 e. The first kappa shape index (κ1) is 28.2. The Bertz CT molecular complexity index is 491. The number of aryl methyl sites for hydroxylation is 2. The van der Waals surface area contributed by atoms with Crippen LogP contribution >= 0.6 is 0 Å². The maximum absolute atomic E-state index is 2.60. The van der Waals surface area contributed by atoms with Crippen LogP contribution in [0, 0.1) is 0 Å². The molecule has 0 saturated carbocycles. The van der Waals surface area contributed by atoms with Crippen molar-refractivity contribution in [3.8, 4) is 0 Å². The molecule has 0 aliphatic heterocycles. The van der Waals surface area contributed by atoms with Gasteiger partial charge >= 0.3 is 0 Å². The number of unbranched alkanes of at least 4 members (excludes halogenated alkanes) is 17. The first-order valence-electron chi connectivity index (χ1n) is 14.4. The highest BCUT2D eigenvalue weighted by Crippen LogP contribution is 2.12. The van der Waals surface area contributed by atoms with E-state index >= 15 is 0 Å². The molecule has 0 fully saturated rings. The van der Waals surface area contributed by atoms with E-state index in [-0.39, 0.29) is 0 Å². The molecule has 1 aromatic heterocycles. The normalized spacial score (nSPS) is 11.5. The highest BCUT2D eigenvalue weighted by molar-refractivity contribution is 4.84. The van der Waals surface area contributed by atoms with E-state index in [0.29, 0.717) is 0 Å². The van der Waals surface area contributed by atoms with E-state index in [1.54, 1.807) is 5.82 Å². The van der Waals surface area contributed by atoms with Crippen molar-refractivity contribution in [3.05, 3.63) is 18.2 Å². The van der Waals surface area contributed by atoms with Crippen molar-refractivity contribution in [2.24, 2.45) is 0 Å². The maximum atomic E-state index is 2.60. The van der Waals surface area contributed by atoms with E-state index in [0.717, 1.165) is 0 Å². The van der Waals surface area contributed by atoms with Gasteiger partial charge in [-0.2, -0.15) is 0 Å². The molecule has 0 aromatic carbocycles. The van der Waals surface area contributed by atoms with Crippen LogP contribution in [-0.2, 0) is 19.5 Å². The number of hydrogen-bond donors (Lipinski definition) is 0. The second-order valence-electron chi connectivity index (χ2n) is 9.86. The summed E-state index contributed by atoms with van der Waals surface area (Å²) in [7, 11) is 0. The highest BCUT2D eigenvalue weighted by atomic mass is 15.1. The van der Waals surface area contributed by atoms with Crippen molar-refractivity contribution in [2.45, 2.75) is 169 Å². The molecule has 0 bridgehead atoms. The molecular formula is C29H57N2+. The molecule has 0 spiro atoms. The van der Waals surface area contributed by atoms with Crippen molar-refractivity contribution in [2.75, 3.05) is 0 Å². The summed E-state index contributed by atoms with van der Waals surface area (Å²) in [6.45, 7) is 9.37. The van der Waals surface area contributed by atoms with Crippen molar-refractivity contribution in [1.82, 2.24) is 4.57 Å². The predicted molar refractivity (Wildman–Crippen MR) is 138 cm³/mol. The fourth-order valence-electron chi connectivity index (χ4n) is 4.73. The topological polar surface area (TPSA) is 8.81 Å². The highest BCUT2D eigenvalue weighted by Gasteiger charge is 2.16. The Morgan fingerprint density at radius 2 is 1.00 bits per heavy atom. The van der Waals surface area contributed by atoms with E-state index in [9.17, 15) is 0 Å². The summed E-state index contributed by atoms with van der Waals surface area (Å²) in [5.41, 5.74) is 0. The zero-order valence-electron chi connectivity index (χ0n) is 21.8. The summed E-state index contributed by atoms with van der Waals surface area (Å²) >= 11 is 0. The minimum atomic E-state index is 1.22. The number of rotatable bonds is 23. The van der Waals surface area contributed by atoms with Crippen molar-refractivity contribution < 1.29 is 4.57 Å². The Morgan fingerprint density at radius 1 is 0.548 bits per heavy atom. The van der Waals surface area contributed by atoms with Gasteiger partial charge in [-0.3, -0.25) is 0 Å². The van der Waals surface area contributed by atoms with Crippen LogP contribution in [0.4, 0.5) is 0 Å². The van der Waals surface area contributed by atoms with Crippen molar-refractivity contribution >= 4 is 0 Å². The summed E-state index contributed by atoms with van der Waals surface area (Å²) in [5.74, 6) is 1.60. The second kappa shape index (κ2) is 21.1. The Kier molecular flexibility index (Phi) is 19.2. The lowest BCUT2D eigenvalue weighted by Gasteiger charge is -2.07. The van der Waals surface area contributed by atoms with Crippen LogP contribution in [-0.4, -0.2) is 4.57 Å². The van der Waals surface area contributed by atoms with Gasteiger partial charge in [0.15, 0.2) is 0 Å². The Labute approximate surface area is 196 Å². The van der Waals surface area contributed by atoms with Gasteiger partial charge < -0.3 is 0 Å². The smallest absolute Gasteiger partial charge is 0.234 e. The monoisotopic (exact) mass is 433 g/mol. The molecule has 182 valence electrons. The summed E-state index contributed by atoms with van der Waals surface area (Å²) < 4.78 is 5.19. The summed E-state index contributed by atoms with van der Waals surface area (Å²) in [5, 5.41) is 0. The third kappa shape index (κ3) is 14.8. The van der Waals surface area contributed by atoms with Crippen LogP contribution in [0.25, 0.3) is 0 Å². The zero-order valence-corrected chi connectivity index (χ0v) is 21.8. The summed E-state index contributed by atoms with van der Waals surface area (Å²) in [6, 6.07) is 0. The van der Waals surface area contributed by atoms with E-state index < -0.39 is 0 Å². The average Bonchev–Trinajstić information content (AvgIpc) is 3.16. The van der Waals surface area contributed by atoms with E-state index in [2.05, 4.69) is 42.3 Å². The SMILES string of the molecule is CCCCCCCCCC[n+]1ccn(CCCCCCCC)c1CCCCCCCC. The lowest BCUT2D eigenvalue weighted by Crippen LogP contribution is -2.37. The van der Waals surface area contributed by atoms with Crippen molar-refractivity contribution in [1.29, 1.82) is 0 Å².